The van der Waals surface area contributed by atoms with Crippen molar-refractivity contribution >= 4 is 11.4 Å². The minimum Gasteiger partial charge on any atom is -0.492 e. The van der Waals surface area contributed by atoms with Gasteiger partial charge in [0.2, 0.25) is 0 Å². The summed E-state index contributed by atoms with van der Waals surface area (Å²) in [4.78, 5) is 2.40. The van der Waals surface area contributed by atoms with Gasteiger partial charge in [-0.2, -0.15) is 0 Å². The molecule has 3 rings (SSSR count). The average molecular weight is 296 g/mol. The van der Waals surface area contributed by atoms with E-state index in [0.29, 0.717) is 6.61 Å². The summed E-state index contributed by atoms with van der Waals surface area (Å²) in [6.45, 7) is 9.10. The highest BCUT2D eigenvalue weighted by Gasteiger charge is 2.28. The van der Waals surface area contributed by atoms with E-state index in [0.717, 1.165) is 18.8 Å². The molecule has 2 aromatic carbocycles. The number of hydrogen-bond donors (Lipinski definition) is 1. The summed E-state index contributed by atoms with van der Waals surface area (Å²) in [5, 5.41) is 3.60. The van der Waals surface area contributed by atoms with Crippen molar-refractivity contribution in [3.05, 3.63) is 54.1 Å². The van der Waals surface area contributed by atoms with Gasteiger partial charge in [0.25, 0.3) is 0 Å². The first kappa shape index (κ1) is 14.8. The van der Waals surface area contributed by atoms with E-state index in [1.54, 1.807) is 0 Å². The Morgan fingerprint density at radius 3 is 2.59 bits per heavy atom. The van der Waals surface area contributed by atoms with E-state index < -0.39 is 0 Å². The van der Waals surface area contributed by atoms with Crippen LogP contribution in [0.1, 0.15) is 19.4 Å². The number of aryl methyl sites for hydroxylation is 1. The molecule has 0 fully saturated rings. The normalized spacial score (nSPS) is 15.9. The number of para-hydroxylation sites is 2. The number of benzene rings is 2. The Hall–Kier alpha value is -2.16. The molecule has 0 radical (unpaired) electrons. The molecule has 0 spiro atoms. The van der Waals surface area contributed by atoms with Gasteiger partial charge in [-0.3, -0.25) is 0 Å². The Morgan fingerprint density at radius 1 is 1.09 bits per heavy atom. The standard InChI is InChI=1S/C19H24N2O/c1-15-8-10-16(11-9-15)22-13-12-21-14-19(2,3)20-17-6-4-5-7-18(17)21/h4-11,20H,12-14H2,1-3H3. The predicted octanol–water partition coefficient (Wildman–Crippen LogP) is 4.08. The van der Waals surface area contributed by atoms with E-state index in [4.69, 9.17) is 4.74 Å². The van der Waals surface area contributed by atoms with Crippen LogP contribution in [0, 0.1) is 6.92 Å². The average Bonchev–Trinajstić information content (AvgIpc) is 2.48. The molecule has 1 heterocycles. The third-order valence-electron chi connectivity index (χ3n) is 3.95. The van der Waals surface area contributed by atoms with E-state index in [1.165, 1.54) is 16.9 Å². The zero-order valence-corrected chi connectivity index (χ0v) is 13.6. The number of rotatable bonds is 4. The van der Waals surface area contributed by atoms with Crippen molar-refractivity contribution in [2.45, 2.75) is 26.3 Å². The fraction of sp³-hybridized carbons (Fsp3) is 0.368. The summed E-state index contributed by atoms with van der Waals surface area (Å²) in [6, 6.07) is 16.7. The largest absolute Gasteiger partial charge is 0.492 e. The van der Waals surface area contributed by atoms with Crippen LogP contribution in [0.2, 0.25) is 0 Å². The number of nitrogens with one attached hydrogen (secondary N) is 1. The summed E-state index contributed by atoms with van der Waals surface area (Å²) in [6.07, 6.45) is 0. The van der Waals surface area contributed by atoms with Crippen LogP contribution in [0.5, 0.6) is 5.75 Å². The number of ether oxygens (including phenoxy) is 1. The lowest BCUT2D eigenvalue weighted by Gasteiger charge is -2.42. The van der Waals surface area contributed by atoms with Crippen molar-refractivity contribution in [1.82, 2.24) is 0 Å². The summed E-state index contributed by atoms with van der Waals surface area (Å²) >= 11 is 0. The van der Waals surface area contributed by atoms with Gasteiger partial charge in [0, 0.05) is 12.1 Å². The van der Waals surface area contributed by atoms with Crippen molar-refractivity contribution in [3.63, 3.8) is 0 Å². The molecule has 0 saturated carbocycles. The maximum Gasteiger partial charge on any atom is 0.119 e. The number of nitrogens with zero attached hydrogens (tertiary/aromatic N) is 1. The molecule has 3 nitrogen and oxygen atoms in total. The number of fused-ring (bicyclic) bond motifs is 1. The molecule has 2 aromatic rings. The maximum absolute atomic E-state index is 5.88. The molecule has 116 valence electrons. The van der Waals surface area contributed by atoms with Gasteiger partial charge in [-0.25, -0.2) is 0 Å². The fourth-order valence-electron chi connectivity index (χ4n) is 2.93. The Balaban J connectivity index is 1.65. The Kier molecular flexibility index (Phi) is 3.97. The van der Waals surface area contributed by atoms with Crippen molar-refractivity contribution in [3.8, 4) is 5.75 Å². The zero-order valence-electron chi connectivity index (χ0n) is 13.6. The smallest absolute Gasteiger partial charge is 0.119 e. The molecular formula is C19H24N2O. The molecule has 0 amide bonds. The molecule has 1 aliphatic rings. The molecule has 3 heteroatoms. The molecule has 0 bridgehead atoms. The van der Waals surface area contributed by atoms with Crippen molar-refractivity contribution < 1.29 is 4.74 Å². The summed E-state index contributed by atoms with van der Waals surface area (Å²) < 4.78 is 5.88. The Morgan fingerprint density at radius 2 is 1.82 bits per heavy atom. The van der Waals surface area contributed by atoms with E-state index >= 15 is 0 Å². The molecule has 0 atom stereocenters. The van der Waals surface area contributed by atoms with Gasteiger partial charge in [0.1, 0.15) is 12.4 Å². The lowest BCUT2D eigenvalue weighted by molar-refractivity contribution is 0.320. The van der Waals surface area contributed by atoms with Crippen molar-refractivity contribution in [2.75, 3.05) is 29.9 Å². The van der Waals surface area contributed by atoms with Crippen molar-refractivity contribution in [1.29, 1.82) is 0 Å². The molecule has 1 aliphatic heterocycles. The van der Waals surface area contributed by atoms with Gasteiger partial charge in [0.05, 0.1) is 17.9 Å². The van der Waals surface area contributed by atoms with Crippen molar-refractivity contribution in [2.24, 2.45) is 0 Å². The van der Waals surface area contributed by atoms with Crippen LogP contribution in [0.3, 0.4) is 0 Å². The lowest BCUT2D eigenvalue weighted by atomic mass is 9.99. The number of hydrogen-bond acceptors (Lipinski definition) is 3. The van der Waals surface area contributed by atoms with Gasteiger partial charge in [0.15, 0.2) is 0 Å². The quantitative estimate of drug-likeness (QED) is 0.920. The molecular weight excluding hydrogens is 272 g/mol. The van der Waals surface area contributed by atoms with Gasteiger partial charge in [-0.1, -0.05) is 29.8 Å². The third-order valence-corrected chi connectivity index (χ3v) is 3.95. The first-order valence-corrected chi connectivity index (χ1v) is 7.85. The van der Waals surface area contributed by atoms with Gasteiger partial charge >= 0.3 is 0 Å². The second-order valence-electron chi connectivity index (χ2n) is 6.61. The molecule has 0 saturated heterocycles. The second-order valence-corrected chi connectivity index (χ2v) is 6.61. The van der Waals surface area contributed by atoms with E-state index in [1.807, 2.05) is 12.1 Å². The maximum atomic E-state index is 5.88. The van der Waals surface area contributed by atoms with E-state index in [2.05, 4.69) is 67.4 Å². The second kappa shape index (κ2) is 5.91. The zero-order chi connectivity index (χ0) is 15.6. The third kappa shape index (κ3) is 3.35. The number of anilines is 2. The first-order valence-electron chi connectivity index (χ1n) is 7.85. The molecule has 0 aliphatic carbocycles. The minimum absolute atomic E-state index is 0.0677. The van der Waals surface area contributed by atoms with Gasteiger partial charge < -0.3 is 15.0 Å². The fourth-order valence-corrected chi connectivity index (χ4v) is 2.93. The summed E-state index contributed by atoms with van der Waals surface area (Å²) in [5.74, 6) is 0.938. The first-order chi connectivity index (χ1) is 10.5. The van der Waals surface area contributed by atoms with Gasteiger partial charge in [-0.05, 0) is 45.0 Å². The van der Waals surface area contributed by atoms with Crippen LogP contribution in [0.4, 0.5) is 11.4 Å². The lowest BCUT2D eigenvalue weighted by Crippen LogP contribution is -2.49. The highest BCUT2D eigenvalue weighted by molar-refractivity contribution is 5.73. The SMILES string of the molecule is Cc1ccc(OCCN2CC(C)(C)Nc3ccccc32)cc1. The Bertz CT molecular complexity index is 634. The van der Waals surface area contributed by atoms with Gasteiger partial charge in [-0.15, -0.1) is 0 Å². The van der Waals surface area contributed by atoms with Crippen LogP contribution in [-0.4, -0.2) is 25.2 Å². The van der Waals surface area contributed by atoms with Crippen LogP contribution in [0.15, 0.2) is 48.5 Å². The molecule has 1 N–H and O–H groups in total. The predicted molar refractivity (Wildman–Crippen MR) is 93.0 cm³/mol. The van der Waals surface area contributed by atoms with Crippen LogP contribution in [-0.2, 0) is 0 Å². The highest BCUT2D eigenvalue weighted by atomic mass is 16.5. The van der Waals surface area contributed by atoms with E-state index in [-0.39, 0.29) is 5.54 Å². The van der Waals surface area contributed by atoms with E-state index in [9.17, 15) is 0 Å². The van der Waals surface area contributed by atoms with Crippen LogP contribution >= 0.6 is 0 Å². The Labute approximate surface area is 132 Å². The summed E-state index contributed by atoms with van der Waals surface area (Å²) in [7, 11) is 0. The highest BCUT2D eigenvalue weighted by Crippen LogP contribution is 2.33. The van der Waals surface area contributed by atoms with Crippen LogP contribution in [0.25, 0.3) is 0 Å². The molecule has 0 unspecified atom stereocenters. The monoisotopic (exact) mass is 296 g/mol. The molecule has 22 heavy (non-hydrogen) atoms. The summed E-state index contributed by atoms with van der Waals surface area (Å²) in [5.41, 5.74) is 3.78. The topological polar surface area (TPSA) is 24.5 Å². The molecule has 0 aromatic heterocycles. The van der Waals surface area contributed by atoms with Crippen LogP contribution < -0.4 is 15.0 Å². The minimum atomic E-state index is 0.0677.